The van der Waals surface area contributed by atoms with E-state index >= 15 is 0 Å². The van der Waals surface area contributed by atoms with Crippen LogP contribution in [0.15, 0.2) is 42.7 Å². The van der Waals surface area contributed by atoms with Crippen LogP contribution in [0.1, 0.15) is 142 Å². The summed E-state index contributed by atoms with van der Waals surface area (Å²) in [4.78, 5) is 5.13. The summed E-state index contributed by atoms with van der Waals surface area (Å²) in [6, 6.07) is 11.0. The molecule has 0 aromatic heterocycles. The van der Waals surface area contributed by atoms with E-state index in [2.05, 4.69) is 66.4 Å². The highest BCUT2D eigenvalue weighted by Gasteiger charge is 2.26. The van der Waals surface area contributed by atoms with Crippen molar-refractivity contribution in [3.05, 3.63) is 42.7 Å². The second-order valence-electron chi connectivity index (χ2n) is 10.6. The molecule has 1 atom stereocenters. The van der Waals surface area contributed by atoms with Gasteiger partial charge in [-0.3, -0.25) is 0 Å². The Kier molecular flexibility index (Phi) is 16.8. The van der Waals surface area contributed by atoms with Crippen LogP contribution in [0.5, 0.6) is 0 Å². The Morgan fingerprint density at radius 1 is 0.529 bits per heavy atom. The number of benzene rings is 1. The molecule has 1 aliphatic heterocycles. The van der Waals surface area contributed by atoms with E-state index in [0.717, 1.165) is 0 Å². The van der Waals surface area contributed by atoms with E-state index in [1.54, 1.807) is 0 Å². The Hall–Kier alpha value is -1.44. The van der Waals surface area contributed by atoms with Crippen molar-refractivity contribution in [1.29, 1.82) is 0 Å². The first-order valence-electron chi connectivity index (χ1n) is 15.1. The Bertz CT molecular complexity index is 596. The molecule has 34 heavy (non-hydrogen) atoms. The van der Waals surface area contributed by atoms with Gasteiger partial charge in [0.15, 0.2) is 0 Å². The zero-order chi connectivity index (χ0) is 24.1. The van der Waals surface area contributed by atoms with E-state index in [1.807, 2.05) is 0 Å². The van der Waals surface area contributed by atoms with E-state index in [9.17, 15) is 0 Å². The fourth-order valence-electron chi connectivity index (χ4n) is 5.32. The van der Waals surface area contributed by atoms with Crippen molar-refractivity contribution in [3.63, 3.8) is 0 Å². The maximum Gasteiger partial charge on any atom is 0.105 e. The Morgan fingerprint density at radius 2 is 1.00 bits per heavy atom. The smallest absolute Gasteiger partial charge is 0.105 e. The molecule has 1 unspecified atom stereocenters. The lowest BCUT2D eigenvalue weighted by Gasteiger charge is -2.33. The van der Waals surface area contributed by atoms with Gasteiger partial charge in [-0.1, -0.05) is 141 Å². The molecular weight excluding hydrogens is 412 g/mol. The van der Waals surface area contributed by atoms with Crippen LogP contribution in [0.4, 0.5) is 5.69 Å². The van der Waals surface area contributed by atoms with Gasteiger partial charge in [0, 0.05) is 24.6 Å². The van der Waals surface area contributed by atoms with Crippen molar-refractivity contribution in [3.8, 4) is 0 Å². The second-order valence-corrected chi connectivity index (χ2v) is 10.6. The third-order valence-corrected chi connectivity index (χ3v) is 7.51. The van der Waals surface area contributed by atoms with Crippen molar-refractivity contribution in [2.45, 2.75) is 148 Å². The first kappa shape index (κ1) is 28.8. The molecule has 0 saturated carbocycles. The van der Waals surface area contributed by atoms with Crippen molar-refractivity contribution < 1.29 is 0 Å². The highest BCUT2D eigenvalue weighted by Crippen LogP contribution is 2.28. The van der Waals surface area contributed by atoms with E-state index in [-0.39, 0.29) is 0 Å². The fourth-order valence-corrected chi connectivity index (χ4v) is 5.32. The molecule has 0 amide bonds. The first-order valence-corrected chi connectivity index (χ1v) is 15.1. The van der Waals surface area contributed by atoms with Crippen LogP contribution in [-0.2, 0) is 0 Å². The molecule has 0 fully saturated rings. The molecule has 0 saturated heterocycles. The molecule has 1 aliphatic rings. The van der Waals surface area contributed by atoms with E-state index in [1.165, 1.54) is 141 Å². The SMILES string of the molecule is CCCCCCCCCCCCCCCN1C=CN(c2ccccc2)C1CCCCCCCC. The van der Waals surface area contributed by atoms with Gasteiger partial charge in [-0.05, 0) is 31.4 Å². The summed E-state index contributed by atoms with van der Waals surface area (Å²) >= 11 is 0. The summed E-state index contributed by atoms with van der Waals surface area (Å²) in [7, 11) is 0. The summed E-state index contributed by atoms with van der Waals surface area (Å²) in [5.74, 6) is 0. The third-order valence-electron chi connectivity index (χ3n) is 7.51. The van der Waals surface area contributed by atoms with Crippen LogP contribution in [0.3, 0.4) is 0 Å². The van der Waals surface area contributed by atoms with Gasteiger partial charge < -0.3 is 9.80 Å². The van der Waals surface area contributed by atoms with Gasteiger partial charge in [-0.25, -0.2) is 0 Å². The molecular formula is C32H56N2. The Balaban J connectivity index is 1.59. The van der Waals surface area contributed by atoms with Crippen molar-refractivity contribution >= 4 is 5.69 Å². The van der Waals surface area contributed by atoms with Crippen molar-refractivity contribution in [1.82, 2.24) is 4.90 Å². The summed E-state index contributed by atoms with van der Waals surface area (Å²) in [5.41, 5.74) is 1.34. The van der Waals surface area contributed by atoms with Gasteiger partial charge in [0.1, 0.15) is 6.17 Å². The average Bonchev–Trinajstić information content (AvgIpc) is 3.27. The van der Waals surface area contributed by atoms with Gasteiger partial charge >= 0.3 is 0 Å². The highest BCUT2D eigenvalue weighted by molar-refractivity contribution is 5.51. The average molecular weight is 469 g/mol. The first-order chi connectivity index (χ1) is 16.9. The lowest BCUT2D eigenvalue weighted by atomic mass is 10.0. The summed E-state index contributed by atoms with van der Waals surface area (Å²) in [5, 5.41) is 0. The number of anilines is 1. The maximum atomic E-state index is 2.62. The van der Waals surface area contributed by atoms with E-state index < -0.39 is 0 Å². The predicted molar refractivity (Wildman–Crippen MR) is 152 cm³/mol. The van der Waals surface area contributed by atoms with E-state index in [4.69, 9.17) is 0 Å². The number of rotatable bonds is 22. The molecule has 2 rings (SSSR count). The van der Waals surface area contributed by atoms with Gasteiger partial charge in [-0.15, -0.1) is 0 Å². The van der Waals surface area contributed by atoms with E-state index in [0.29, 0.717) is 6.17 Å². The number of hydrogen-bond donors (Lipinski definition) is 0. The van der Waals surface area contributed by atoms with Crippen LogP contribution in [-0.4, -0.2) is 17.6 Å². The van der Waals surface area contributed by atoms with Gasteiger partial charge in [0.25, 0.3) is 0 Å². The molecule has 1 aromatic rings. The molecule has 2 nitrogen and oxygen atoms in total. The zero-order valence-electron chi connectivity index (χ0n) is 22.9. The van der Waals surface area contributed by atoms with Crippen LogP contribution in [0.25, 0.3) is 0 Å². The molecule has 0 bridgehead atoms. The number of para-hydroxylation sites is 1. The standard InChI is InChI=1S/C32H56N2/c1-3-5-7-9-11-12-13-14-15-16-17-19-24-28-33-29-30-34(31-25-21-20-22-26-31)32(33)27-23-18-10-8-6-4-2/h20-22,25-26,29-30,32H,3-19,23-24,27-28H2,1-2H3. The van der Waals surface area contributed by atoms with Gasteiger partial charge in [0.05, 0.1) is 0 Å². The molecule has 1 aromatic carbocycles. The lowest BCUT2D eigenvalue weighted by Crippen LogP contribution is -2.39. The Labute approximate surface area is 213 Å². The van der Waals surface area contributed by atoms with Gasteiger partial charge in [-0.2, -0.15) is 0 Å². The third kappa shape index (κ3) is 12.3. The topological polar surface area (TPSA) is 6.48 Å². The molecule has 194 valence electrons. The lowest BCUT2D eigenvalue weighted by molar-refractivity contribution is 0.273. The normalized spacial score (nSPS) is 15.5. The minimum absolute atomic E-state index is 0.505. The van der Waals surface area contributed by atoms with Crippen molar-refractivity contribution in [2.24, 2.45) is 0 Å². The molecule has 0 aliphatic carbocycles. The zero-order valence-corrected chi connectivity index (χ0v) is 22.9. The molecule has 2 heteroatoms. The van der Waals surface area contributed by atoms with Crippen LogP contribution in [0.2, 0.25) is 0 Å². The van der Waals surface area contributed by atoms with Crippen LogP contribution < -0.4 is 4.90 Å². The Morgan fingerprint density at radius 3 is 1.53 bits per heavy atom. The molecule has 0 radical (unpaired) electrons. The number of nitrogens with zero attached hydrogens (tertiary/aromatic N) is 2. The monoisotopic (exact) mass is 468 g/mol. The number of unbranched alkanes of at least 4 members (excludes halogenated alkanes) is 17. The van der Waals surface area contributed by atoms with Crippen LogP contribution in [0, 0.1) is 0 Å². The van der Waals surface area contributed by atoms with Crippen molar-refractivity contribution in [2.75, 3.05) is 11.4 Å². The fraction of sp³-hybridized carbons (Fsp3) is 0.750. The summed E-state index contributed by atoms with van der Waals surface area (Å²) < 4.78 is 0. The van der Waals surface area contributed by atoms with Crippen LogP contribution >= 0.6 is 0 Å². The minimum Gasteiger partial charge on any atom is -0.356 e. The molecule has 0 spiro atoms. The predicted octanol–water partition coefficient (Wildman–Crippen LogP) is 10.4. The summed E-state index contributed by atoms with van der Waals surface area (Å²) in [6.07, 6.45) is 33.3. The number of hydrogen-bond acceptors (Lipinski definition) is 2. The van der Waals surface area contributed by atoms with Gasteiger partial charge in [0.2, 0.25) is 0 Å². The molecule has 1 heterocycles. The molecule has 0 N–H and O–H groups in total. The summed E-state index contributed by atoms with van der Waals surface area (Å²) in [6.45, 7) is 5.81. The maximum absolute atomic E-state index is 2.62. The second kappa shape index (κ2) is 19.8. The minimum atomic E-state index is 0.505. The highest BCUT2D eigenvalue weighted by atomic mass is 15.4. The quantitative estimate of drug-likeness (QED) is 0.156. The largest absolute Gasteiger partial charge is 0.356 e.